The van der Waals surface area contributed by atoms with Crippen LogP contribution < -0.4 is 5.32 Å². The lowest BCUT2D eigenvalue weighted by Crippen LogP contribution is -2.27. The minimum Gasteiger partial charge on any atom is -0.447 e. The number of cyclic esters (lactones) is 1. The van der Waals surface area contributed by atoms with Crippen LogP contribution in [0.3, 0.4) is 0 Å². The Morgan fingerprint density at radius 1 is 1.06 bits per heavy atom. The molecule has 0 aromatic rings. The first kappa shape index (κ1) is 15.1. The number of alkyl carbamates (subject to hydrolysis) is 1. The molecule has 18 heavy (non-hydrogen) atoms. The first-order chi connectivity index (χ1) is 8.79. The molecule has 1 amide bonds. The average molecular weight is 253 g/mol. The van der Waals surface area contributed by atoms with E-state index in [1.54, 1.807) is 0 Å². The first-order valence-corrected chi connectivity index (χ1v) is 7.38. The summed E-state index contributed by atoms with van der Waals surface area (Å²) >= 11 is 0. The van der Waals surface area contributed by atoms with Crippen molar-refractivity contribution >= 4 is 6.09 Å². The van der Waals surface area contributed by atoms with Gasteiger partial charge in [-0.05, 0) is 32.6 Å². The molecule has 0 aromatic heterocycles. The van der Waals surface area contributed by atoms with Gasteiger partial charge >= 0.3 is 6.09 Å². The van der Waals surface area contributed by atoms with E-state index in [1.807, 2.05) is 13.0 Å². The zero-order valence-corrected chi connectivity index (χ0v) is 11.6. The van der Waals surface area contributed by atoms with Crippen molar-refractivity contribution in [3.63, 3.8) is 0 Å². The fourth-order valence-electron chi connectivity index (χ4n) is 2.20. The lowest BCUT2D eigenvalue weighted by atomic mass is 10.1. The summed E-state index contributed by atoms with van der Waals surface area (Å²) in [5, 5.41) is 2.75. The van der Waals surface area contributed by atoms with Gasteiger partial charge in [-0.1, -0.05) is 44.3 Å². The fourth-order valence-corrected chi connectivity index (χ4v) is 2.20. The fraction of sp³-hybridized carbons (Fsp3) is 0.800. The summed E-state index contributed by atoms with van der Waals surface area (Å²) in [5.41, 5.74) is 0. The minimum absolute atomic E-state index is 0.0295. The predicted molar refractivity (Wildman–Crippen MR) is 74.6 cm³/mol. The molecule has 0 aromatic carbocycles. The van der Waals surface area contributed by atoms with Gasteiger partial charge in [-0.2, -0.15) is 0 Å². The van der Waals surface area contributed by atoms with Crippen molar-refractivity contribution < 1.29 is 9.53 Å². The highest BCUT2D eigenvalue weighted by molar-refractivity contribution is 5.67. The number of ether oxygens (including phenoxy) is 1. The number of hydrogen-bond acceptors (Lipinski definition) is 2. The number of nitrogens with one attached hydrogen (secondary N) is 1. The van der Waals surface area contributed by atoms with Gasteiger partial charge in [0.25, 0.3) is 0 Å². The van der Waals surface area contributed by atoms with Crippen molar-refractivity contribution in [2.45, 2.75) is 70.8 Å². The summed E-state index contributed by atoms with van der Waals surface area (Å²) in [6.07, 6.45) is 15.0. The lowest BCUT2D eigenvalue weighted by Gasteiger charge is -2.13. The van der Waals surface area contributed by atoms with E-state index in [9.17, 15) is 4.79 Å². The Bertz CT molecular complexity index is 251. The molecule has 1 aliphatic rings. The van der Waals surface area contributed by atoms with Crippen LogP contribution >= 0.6 is 0 Å². The molecule has 1 unspecified atom stereocenters. The molecule has 1 atom stereocenters. The van der Waals surface area contributed by atoms with Crippen LogP contribution in [0.4, 0.5) is 4.79 Å². The van der Waals surface area contributed by atoms with Gasteiger partial charge in [-0.15, -0.1) is 0 Å². The van der Waals surface area contributed by atoms with Crippen molar-refractivity contribution in [3.8, 4) is 0 Å². The van der Waals surface area contributed by atoms with Crippen LogP contribution in [-0.2, 0) is 4.74 Å². The third-order valence-corrected chi connectivity index (χ3v) is 3.32. The summed E-state index contributed by atoms with van der Waals surface area (Å²) in [4.78, 5) is 11.4. The van der Waals surface area contributed by atoms with Crippen LogP contribution in [-0.4, -0.2) is 18.7 Å². The van der Waals surface area contributed by atoms with Gasteiger partial charge in [-0.25, -0.2) is 4.79 Å². The Labute approximate surface area is 111 Å². The highest BCUT2D eigenvalue weighted by atomic mass is 16.6. The normalized spacial score (nSPS) is 26.9. The van der Waals surface area contributed by atoms with Gasteiger partial charge in [0.05, 0.1) is 0 Å². The van der Waals surface area contributed by atoms with Gasteiger partial charge in [0.15, 0.2) is 0 Å². The Kier molecular flexibility index (Phi) is 8.36. The molecule has 0 radical (unpaired) electrons. The van der Waals surface area contributed by atoms with Crippen LogP contribution in [0.15, 0.2) is 12.2 Å². The van der Waals surface area contributed by atoms with E-state index in [-0.39, 0.29) is 12.2 Å². The molecule has 3 heteroatoms. The molecule has 0 bridgehead atoms. The molecular weight excluding hydrogens is 226 g/mol. The largest absolute Gasteiger partial charge is 0.447 e. The molecule has 0 saturated carbocycles. The minimum atomic E-state index is -0.292. The van der Waals surface area contributed by atoms with E-state index in [2.05, 4.69) is 11.4 Å². The second kappa shape index (κ2) is 9.98. The predicted octanol–water partition coefficient (Wildman–Crippen LogP) is 4.18. The molecule has 1 aliphatic heterocycles. The highest BCUT2D eigenvalue weighted by Crippen LogP contribution is 2.12. The molecule has 0 saturated heterocycles. The van der Waals surface area contributed by atoms with Crippen molar-refractivity contribution in [1.29, 1.82) is 0 Å². The van der Waals surface area contributed by atoms with Crippen molar-refractivity contribution in [2.24, 2.45) is 0 Å². The van der Waals surface area contributed by atoms with E-state index in [0.29, 0.717) is 6.54 Å². The SMILES string of the molecule is CC1CCCCCCCCC/C=C/CNC(=O)O1. The maximum absolute atomic E-state index is 11.4. The summed E-state index contributed by atoms with van der Waals surface area (Å²) in [6, 6.07) is 0. The average Bonchev–Trinajstić information content (AvgIpc) is 2.33. The topological polar surface area (TPSA) is 38.3 Å². The number of carbonyl (C=O) groups excluding carboxylic acids is 1. The second-order valence-electron chi connectivity index (χ2n) is 5.12. The maximum atomic E-state index is 11.4. The molecule has 104 valence electrons. The van der Waals surface area contributed by atoms with Crippen LogP contribution in [0.5, 0.6) is 0 Å². The van der Waals surface area contributed by atoms with E-state index >= 15 is 0 Å². The van der Waals surface area contributed by atoms with Gasteiger partial charge in [0.1, 0.15) is 6.10 Å². The molecule has 0 aliphatic carbocycles. The van der Waals surface area contributed by atoms with Gasteiger partial charge in [0, 0.05) is 6.54 Å². The lowest BCUT2D eigenvalue weighted by molar-refractivity contribution is 0.101. The first-order valence-electron chi connectivity index (χ1n) is 7.38. The van der Waals surface area contributed by atoms with E-state index in [1.165, 1.54) is 38.5 Å². The van der Waals surface area contributed by atoms with Crippen LogP contribution in [0.25, 0.3) is 0 Å². The Hall–Kier alpha value is -0.990. The summed E-state index contributed by atoms with van der Waals surface area (Å²) < 4.78 is 5.27. The molecular formula is C15H27NO2. The van der Waals surface area contributed by atoms with Crippen LogP contribution in [0.1, 0.15) is 64.7 Å². The summed E-state index contributed by atoms with van der Waals surface area (Å²) in [7, 11) is 0. The monoisotopic (exact) mass is 253 g/mol. The number of allylic oxidation sites excluding steroid dienone is 1. The number of rotatable bonds is 0. The van der Waals surface area contributed by atoms with Gasteiger partial charge in [0.2, 0.25) is 0 Å². The Morgan fingerprint density at radius 3 is 2.50 bits per heavy atom. The molecule has 3 nitrogen and oxygen atoms in total. The molecule has 1 heterocycles. The standard InChI is InChI=1S/C15H27NO2/c1-14-12-10-8-6-4-2-3-5-7-9-11-13-16-15(17)18-14/h9,11,14H,2-8,10,12-13H2,1H3,(H,16,17)/b11-9+. The molecule has 0 spiro atoms. The Balaban J connectivity index is 2.29. The number of carbonyl (C=O) groups is 1. The second-order valence-corrected chi connectivity index (χ2v) is 5.12. The summed E-state index contributed by atoms with van der Waals surface area (Å²) in [5.74, 6) is 0. The van der Waals surface area contributed by atoms with E-state index in [0.717, 1.165) is 19.3 Å². The Morgan fingerprint density at radius 2 is 1.72 bits per heavy atom. The summed E-state index contributed by atoms with van der Waals surface area (Å²) in [6.45, 7) is 2.55. The van der Waals surface area contributed by atoms with E-state index < -0.39 is 0 Å². The third kappa shape index (κ3) is 8.15. The molecule has 0 fully saturated rings. The quantitative estimate of drug-likeness (QED) is 0.658. The highest BCUT2D eigenvalue weighted by Gasteiger charge is 2.07. The van der Waals surface area contributed by atoms with E-state index in [4.69, 9.17) is 4.74 Å². The van der Waals surface area contributed by atoms with Crippen LogP contribution in [0, 0.1) is 0 Å². The smallest absolute Gasteiger partial charge is 0.407 e. The van der Waals surface area contributed by atoms with Crippen molar-refractivity contribution in [3.05, 3.63) is 12.2 Å². The third-order valence-electron chi connectivity index (χ3n) is 3.32. The van der Waals surface area contributed by atoms with Crippen molar-refractivity contribution in [2.75, 3.05) is 6.54 Å². The molecule has 1 N–H and O–H groups in total. The zero-order valence-electron chi connectivity index (χ0n) is 11.6. The van der Waals surface area contributed by atoms with Gasteiger partial charge < -0.3 is 10.1 Å². The zero-order chi connectivity index (χ0) is 13.1. The van der Waals surface area contributed by atoms with Gasteiger partial charge in [-0.3, -0.25) is 0 Å². The maximum Gasteiger partial charge on any atom is 0.407 e. The number of amides is 1. The molecule has 1 rings (SSSR count). The number of hydrogen-bond donors (Lipinski definition) is 1. The van der Waals surface area contributed by atoms with Crippen LogP contribution in [0.2, 0.25) is 0 Å². The van der Waals surface area contributed by atoms with Crippen molar-refractivity contribution in [1.82, 2.24) is 5.32 Å².